The van der Waals surface area contributed by atoms with E-state index in [1.807, 2.05) is 41.3 Å². The molecule has 3 rings (SSSR count). The molecule has 6 heteroatoms. The number of nitrogens with zero attached hydrogens (tertiary/aromatic N) is 2. The molecule has 0 N–H and O–H groups in total. The summed E-state index contributed by atoms with van der Waals surface area (Å²) in [5, 5.41) is 0. The van der Waals surface area contributed by atoms with E-state index in [0.29, 0.717) is 13.2 Å². The van der Waals surface area contributed by atoms with Gasteiger partial charge in [-0.05, 0) is 37.1 Å². The molecule has 1 amide bonds. The minimum atomic E-state index is 0.0127. The van der Waals surface area contributed by atoms with Crippen LogP contribution in [0.5, 0.6) is 11.5 Å². The average Bonchev–Trinajstić information content (AvgIpc) is 3.38. The molecule has 0 spiro atoms. The first kappa shape index (κ1) is 32.7. The Balaban J connectivity index is 1.50. The molecule has 0 unspecified atom stereocenters. The molecule has 0 fully saturated rings. The minimum absolute atomic E-state index is 0.0127. The van der Waals surface area contributed by atoms with Gasteiger partial charge in [-0.25, -0.2) is 0 Å². The fraction of sp³-hybridized carbons (Fsp3) is 0.543. The van der Waals surface area contributed by atoms with Gasteiger partial charge in [-0.2, -0.15) is 4.57 Å². The minimum Gasteiger partial charge on any atom is -0.493 e. The van der Waals surface area contributed by atoms with Crippen LogP contribution in [0, 0.1) is 6.92 Å². The number of carbonyl (C=O) groups excluding carboxylic acids is 1. The Bertz CT molecular complexity index is 1180. The van der Waals surface area contributed by atoms with Gasteiger partial charge >= 0.3 is 0 Å². The van der Waals surface area contributed by atoms with Crippen molar-refractivity contribution in [1.82, 2.24) is 0 Å². The maximum atomic E-state index is 12.8. The zero-order valence-electron chi connectivity index (χ0n) is 25.8. The van der Waals surface area contributed by atoms with Crippen molar-refractivity contribution in [2.45, 2.75) is 111 Å². The van der Waals surface area contributed by atoms with E-state index in [9.17, 15) is 4.79 Å². The molecule has 0 aliphatic heterocycles. The predicted octanol–water partition coefficient (Wildman–Crippen LogP) is 9.03. The summed E-state index contributed by atoms with van der Waals surface area (Å²) in [5.74, 6) is 1.49. The topological polar surface area (TPSA) is 42.7 Å². The van der Waals surface area contributed by atoms with E-state index < -0.39 is 0 Å². The van der Waals surface area contributed by atoms with Crippen molar-refractivity contribution in [2.75, 3.05) is 18.6 Å². The monoisotopic (exact) mass is 579 g/mol. The summed E-state index contributed by atoms with van der Waals surface area (Å²) >= 11 is 1.73. The summed E-state index contributed by atoms with van der Waals surface area (Å²) in [6.45, 7) is 7.88. The van der Waals surface area contributed by atoms with Crippen molar-refractivity contribution in [1.29, 1.82) is 0 Å². The number of rotatable bonds is 20. The van der Waals surface area contributed by atoms with Gasteiger partial charge in [0.05, 0.1) is 30.8 Å². The number of thiazole rings is 1. The van der Waals surface area contributed by atoms with Crippen molar-refractivity contribution < 1.29 is 18.8 Å². The fourth-order valence-electron chi connectivity index (χ4n) is 5.24. The zero-order valence-corrected chi connectivity index (χ0v) is 26.6. The molecule has 1 heterocycles. The van der Waals surface area contributed by atoms with Crippen LogP contribution >= 0.6 is 11.3 Å². The van der Waals surface area contributed by atoms with Gasteiger partial charge < -0.3 is 14.4 Å². The van der Waals surface area contributed by atoms with Crippen molar-refractivity contribution in [2.24, 2.45) is 0 Å². The Morgan fingerprint density at radius 3 is 2.15 bits per heavy atom. The van der Waals surface area contributed by atoms with Crippen LogP contribution in [0.4, 0.5) is 5.69 Å². The van der Waals surface area contributed by atoms with Crippen LogP contribution in [0.1, 0.15) is 107 Å². The number of hydrogen-bond donors (Lipinski definition) is 0. The highest BCUT2D eigenvalue weighted by atomic mass is 32.1. The van der Waals surface area contributed by atoms with Crippen LogP contribution in [0.15, 0.2) is 54.2 Å². The Labute approximate surface area is 252 Å². The maximum absolute atomic E-state index is 12.8. The number of carbonyl (C=O) groups is 1. The Hall–Kier alpha value is -2.86. The smallest absolute Gasteiger partial charge is 0.225 e. The normalized spacial score (nSPS) is 11.0. The molecule has 0 atom stereocenters. The van der Waals surface area contributed by atoms with Gasteiger partial charge in [0.1, 0.15) is 0 Å². The highest BCUT2D eigenvalue weighted by Crippen LogP contribution is 2.30. The van der Waals surface area contributed by atoms with E-state index in [0.717, 1.165) is 41.3 Å². The standard InChI is InChI=1S/C35H51N2O3S/c1-5-6-7-8-9-10-11-12-13-14-15-18-23-40-35-24-31(21-22-34(35)39-4)26-37(30(3)38)33-20-17-16-19-32(33)27-36-25-29(2)41-28-36/h16-17,19-22,24-25,28H,5-15,18,23,26-27H2,1-4H3/q+1. The van der Waals surface area contributed by atoms with Gasteiger partial charge in [-0.3, -0.25) is 4.79 Å². The number of hydrogen-bond acceptors (Lipinski definition) is 4. The molecule has 41 heavy (non-hydrogen) atoms. The lowest BCUT2D eigenvalue weighted by molar-refractivity contribution is -0.683. The number of unbranched alkanes of at least 4 members (excludes halogenated alkanes) is 11. The maximum Gasteiger partial charge on any atom is 0.225 e. The number of methoxy groups -OCH3 is 1. The second-order valence-electron chi connectivity index (χ2n) is 11.1. The zero-order chi connectivity index (χ0) is 29.3. The SMILES string of the molecule is CCCCCCCCCCCCCCOc1cc(CN(C(C)=O)c2ccccc2C[n+]2csc(C)c2)ccc1OC. The Kier molecular flexibility index (Phi) is 14.8. The summed E-state index contributed by atoms with van der Waals surface area (Å²) < 4.78 is 13.9. The first-order chi connectivity index (χ1) is 20.0. The van der Waals surface area contributed by atoms with E-state index in [2.05, 4.69) is 36.2 Å². The Morgan fingerprint density at radius 1 is 0.878 bits per heavy atom. The van der Waals surface area contributed by atoms with E-state index >= 15 is 0 Å². The third-order valence-electron chi connectivity index (χ3n) is 7.56. The van der Waals surface area contributed by atoms with Gasteiger partial charge in [-0.1, -0.05) is 113 Å². The molecule has 0 bridgehead atoms. The quantitative estimate of drug-likeness (QED) is 0.0991. The molecule has 0 aliphatic carbocycles. The van der Waals surface area contributed by atoms with Crippen LogP contribution in [0.3, 0.4) is 0 Å². The van der Waals surface area contributed by atoms with Crippen LogP contribution in [-0.4, -0.2) is 19.6 Å². The molecule has 3 aromatic rings. The number of aryl methyl sites for hydroxylation is 1. The molecule has 224 valence electrons. The van der Waals surface area contributed by atoms with E-state index in [-0.39, 0.29) is 5.91 Å². The Morgan fingerprint density at radius 2 is 1.54 bits per heavy atom. The highest BCUT2D eigenvalue weighted by molar-refractivity contribution is 7.09. The van der Waals surface area contributed by atoms with Crippen LogP contribution in [0.2, 0.25) is 0 Å². The molecular formula is C35H51N2O3S+. The summed E-state index contributed by atoms with van der Waals surface area (Å²) in [5.41, 5.74) is 5.18. The van der Waals surface area contributed by atoms with Crippen molar-refractivity contribution >= 4 is 22.9 Å². The number of anilines is 1. The molecule has 0 saturated carbocycles. The van der Waals surface area contributed by atoms with Gasteiger partial charge in [-0.15, -0.1) is 0 Å². The number of aromatic nitrogens is 1. The molecule has 0 saturated heterocycles. The van der Waals surface area contributed by atoms with Gasteiger partial charge in [0.2, 0.25) is 11.4 Å². The lowest BCUT2D eigenvalue weighted by Crippen LogP contribution is -2.34. The van der Waals surface area contributed by atoms with Crippen LogP contribution in [-0.2, 0) is 17.9 Å². The molecule has 2 aromatic carbocycles. The van der Waals surface area contributed by atoms with E-state index in [1.165, 1.54) is 75.5 Å². The van der Waals surface area contributed by atoms with Crippen molar-refractivity contribution in [3.8, 4) is 11.5 Å². The summed E-state index contributed by atoms with van der Waals surface area (Å²) in [7, 11) is 1.67. The number of ether oxygens (including phenoxy) is 2. The van der Waals surface area contributed by atoms with Gasteiger partial charge in [0.25, 0.3) is 0 Å². The first-order valence-corrected chi connectivity index (χ1v) is 16.5. The molecule has 1 aromatic heterocycles. The van der Waals surface area contributed by atoms with Crippen LogP contribution in [0.25, 0.3) is 0 Å². The number of amides is 1. The fourth-order valence-corrected chi connectivity index (χ4v) is 5.87. The lowest BCUT2D eigenvalue weighted by Gasteiger charge is -2.24. The highest BCUT2D eigenvalue weighted by Gasteiger charge is 2.19. The van der Waals surface area contributed by atoms with E-state index in [4.69, 9.17) is 9.47 Å². The number of benzene rings is 2. The van der Waals surface area contributed by atoms with Gasteiger partial charge in [0, 0.05) is 12.5 Å². The second kappa shape index (κ2) is 18.5. The third kappa shape index (κ3) is 11.5. The average molecular weight is 580 g/mol. The predicted molar refractivity (Wildman–Crippen MR) is 171 cm³/mol. The van der Waals surface area contributed by atoms with Crippen molar-refractivity contribution in [3.05, 3.63) is 70.2 Å². The van der Waals surface area contributed by atoms with Crippen LogP contribution < -0.4 is 18.9 Å². The largest absolute Gasteiger partial charge is 0.493 e. The molecular weight excluding hydrogens is 528 g/mol. The van der Waals surface area contributed by atoms with Gasteiger partial charge in [0.15, 0.2) is 24.2 Å². The van der Waals surface area contributed by atoms with E-state index in [1.54, 1.807) is 25.4 Å². The first-order valence-electron chi connectivity index (χ1n) is 15.6. The number of para-hydroxylation sites is 1. The van der Waals surface area contributed by atoms with Crippen molar-refractivity contribution in [3.63, 3.8) is 0 Å². The summed E-state index contributed by atoms with van der Waals surface area (Å²) in [6.07, 6.45) is 18.0. The lowest BCUT2D eigenvalue weighted by atomic mass is 10.1. The summed E-state index contributed by atoms with van der Waals surface area (Å²) in [4.78, 5) is 16.0. The summed E-state index contributed by atoms with van der Waals surface area (Å²) in [6, 6.07) is 14.1. The molecule has 0 radical (unpaired) electrons. The second-order valence-corrected chi connectivity index (χ2v) is 12.2. The third-order valence-corrected chi connectivity index (χ3v) is 8.41. The molecule has 0 aliphatic rings. The molecule has 5 nitrogen and oxygen atoms in total.